The molecule has 5 heteroatoms. The number of ether oxygens (including phenoxy) is 1. The second kappa shape index (κ2) is 8.56. The highest BCUT2D eigenvalue weighted by Gasteiger charge is 2.02. The van der Waals surface area contributed by atoms with E-state index in [2.05, 4.69) is 48.0 Å². The van der Waals surface area contributed by atoms with Crippen molar-refractivity contribution in [2.75, 3.05) is 23.1 Å². The fraction of sp³-hybridized carbons (Fsp3) is 0.136. The van der Waals surface area contributed by atoms with E-state index >= 15 is 0 Å². The summed E-state index contributed by atoms with van der Waals surface area (Å²) in [7, 11) is 1.66. The number of thiocarbonyl (C=S) groups is 1. The molecule has 0 atom stereocenters. The molecule has 0 aliphatic carbocycles. The van der Waals surface area contributed by atoms with Crippen LogP contribution in [0.2, 0.25) is 0 Å². The van der Waals surface area contributed by atoms with Crippen LogP contribution < -0.4 is 20.7 Å². The Labute approximate surface area is 165 Å². The second-order valence-corrected chi connectivity index (χ2v) is 6.79. The molecule has 3 aromatic rings. The third-order valence-corrected chi connectivity index (χ3v) is 4.21. The minimum absolute atomic E-state index is 0.566. The van der Waals surface area contributed by atoms with Gasteiger partial charge >= 0.3 is 0 Å². The third-order valence-electron chi connectivity index (χ3n) is 4.00. The van der Waals surface area contributed by atoms with Crippen LogP contribution in [0.15, 0.2) is 66.7 Å². The first-order chi connectivity index (χ1) is 13.0. The van der Waals surface area contributed by atoms with Gasteiger partial charge in [0.1, 0.15) is 5.75 Å². The summed E-state index contributed by atoms with van der Waals surface area (Å²) < 4.78 is 5.17. The van der Waals surface area contributed by atoms with Gasteiger partial charge < -0.3 is 20.7 Å². The van der Waals surface area contributed by atoms with Gasteiger partial charge in [-0.05, 0) is 97.9 Å². The number of aryl methyl sites for hydroxylation is 2. The van der Waals surface area contributed by atoms with Gasteiger partial charge in [-0.2, -0.15) is 0 Å². The highest BCUT2D eigenvalue weighted by Crippen LogP contribution is 2.21. The fourth-order valence-corrected chi connectivity index (χ4v) is 3.05. The Balaban J connectivity index is 1.58. The van der Waals surface area contributed by atoms with E-state index in [1.165, 1.54) is 11.1 Å². The average molecular weight is 378 g/mol. The normalized spacial score (nSPS) is 10.2. The smallest absolute Gasteiger partial charge is 0.175 e. The number of methoxy groups -OCH3 is 1. The molecule has 0 unspecified atom stereocenters. The van der Waals surface area contributed by atoms with Crippen LogP contribution in [-0.2, 0) is 0 Å². The summed E-state index contributed by atoms with van der Waals surface area (Å²) in [6, 6.07) is 22.1. The summed E-state index contributed by atoms with van der Waals surface area (Å²) in [5.74, 6) is 0.838. The Bertz CT molecular complexity index is 901. The second-order valence-electron chi connectivity index (χ2n) is 6.39. The van der Waals surface area contributed by atoms with Crippen molar-refractivity contribution < 1.29 is 4.74 Å². The number of hydrogen-bond acceptors (Lipinski definition) is 3. The van der Waals surface area contributed by atoms with Crippen molar-refractivity contribution in [2.45, 2.75) is 13.8 Å². The minimum Gasteiger partial charge on any atom is -0.497 e. The van der Waals surface area contributed by atoms with Gasteiger partial charge in [0.05, 0.1) is 7.11 Å². The van der Waals surface area contributed by atoms with E-state index in [1.807, 2.05) is 48.5 Å². The number of benzene rings is 3. The standard InChI is InChI=1S/C22H23N3OS/c1-15-12-16(2)14-20(13-15)25-22(27)24-19-6-4-17(5-7-19)23-18-8-10-21(26-3)11-9-18/h4-14,23H,1-3H3,(H2,24,25,27). The van der Waals surface area contributed by atoms with Gasteiger partial charge in [0.2, 0.25) is 0 Å². The van der Waals surface area contributed by atoms with E-state index in [1.54, 1.807) is 7.11 Å². The Morgan fingerprint density at radius 3 is 1.74 bits per heavy atom. The molecule has 0 bridgehead atoms. The van der Waals surface area contributed by atoms with Gasteiger partial charge in [0, 0.05) is 22.7 Å². The number of hydrogen-bond donors (Lipinski definition) is 3. The van der Waals surface area contributed by atoms with Crippen molar-refractivity contribution in [3.05, 3.63) is 77.9 Å². The molecule has 0 aliphatic rings. The number of rotatable bonds is 5. The monoisotopic (exact) mass is 377 g/mol. The van der Waals surface area contributed by atoms with Gasteiger partial charge in [0.15, 0.2) is 5.11 Å². The third kappa shape index (κ3) is 5.46. The summed E-state index contributed by atoms with van der Waals surface area (Å²) in [5.41, 5.74) is 6.32. The van der Waals surface area contributed by atoms with E-state index in [4.69, 9.17) is 17.0 Å². The van der Waals surface area contributed by atoms with Gasteiger partial charge in [-0.3, -0.25) is 0 Å². The maximum Gasteiger partial charge on any atom is 0.175 e. The molecular formula is C22H23N3OS. The van der Waals surface area contributed by atoms with Crippen molar-refractivity contribution in [3.8, 4) is 5.75 Å². The van der Waals surface area contributed by atoms with Crippen LogP contribution in [0.25, 0.3) is 0 Å². The highest BCUT2D eigenvalue weighted by atomic mass is 32.1. The molecule has 0 radical (unpaired) electrons. The van der Waals surface area contributed by atoms with Crippen LogP contribution in [0.4, 0.5) is 22.7 Å². The summed E-state index contributed by atoms with van der Waals surface area (Å²) in [6.07, 6.45) is 0. The summed E-state index contributed by atoms with van der Waals surface area (Å²) in [6.45, 7) is 4.15. The lowest BCUT2D eigenvalue weighted by molar-refractivity contribution is 0.415. The lowest BCUT2D eigenvalue weighted by Crippen LogP contribution is -2.19. The van der Waals surface area contributed by atoms with Gasteiger partial charge in [0.25, 0.3) is 0 Å². The van der Waals surface area contributed by atoms with Crippen molar-refractivity contribution in [3.63, 3.8) is 0 Å². The molecule has 0 aromatic heterocycles. The van der Waals surface area contributed by atoms with Gasteiger partial charge in [-0.25, -0.2) is 0 Å². The van der Waals surface area contributed by atoms with Crippen LogP contribution in [-0.4, -0.2) is 12.2 Å². The fourth-order valence-electron chi connectivity index (χ4n) is 2.82. The zero-order chi connectivity index (χ0) is 19.2. The van der Waals surface area contributed by atoms with E-state index < -0.39 is 0 Å². The van der Waals surface area contributed by atoms with Crippen LogP contribution in [0, 0.1) is 13.8 Å². The van der Waals surface area contributed by atoms with Gasteiger partial charge in [-0.1, -0.05) is 6.07 Å². The predicted molar refractivity (Wildman–Crippen MR) is 118 cm³/mol. The molecule has 0 heterocycles. The molecule has 3 aromatic carbocycles. The molecular weight excluding hydrogens is 354 g/mol. The van der Waals surface area contributed by atoms with E-state index in [0.29, 0.717) is 5.11 Å². The Hall–Kier alpha value is -3.05. The molecule has 0 fully saturated rings. The molecule has 0 saturated carbocycles. The van der Waals surface area contributed by atoms with Crippen LogP contribution >= 0.6 is 12.2 Å². The molecule has 0 aliphatic heterocycles. The van der Waals surface area contributed by atoms with Gasteiger partial charge in [-0.15, -0.1) is 0 Å². The Morgan fingerprint density at radius 1 is 0.704 bits per heavy atom. The first kappa shape index (κ1) is 18.7. The summed E-state index contributed by atoms with van der Waals surface area (Å²) >= 11 is 5.42. The highest BCUT2D eigenvalue weighted by molar-refractivity contribution is 7.80. The van der Waals surface area contributed by atoms with Crippen molar-refractivity contribution in [1.82, 2.24) is 0 Å². The predicted octanol–water partition coefficient (Wildman–Crippen LogP) is 5.86. The molecule has 4 nitrogen and oxygen atoms in total. The van der Waals surface area contributed by atoms with Crippen molar-refractivity contribution in [1.29, 1.82) is 0 Å². The largest absolute Gasteiger partial charge is 0.497 e. The SMILES string of the molecule is COc1ccc(Nc2ccc(NC(=S)Nc3cc(C)cc(C)c3)cc2)cc1. The van der Waals surface area contributed by atoms with Crippen molar-refractivity contribution in [2.24, 2.45) is 0 Å². The maximum absolute atomic E-state index is 5.42. The van der Waals surface area contributed by atoms with Crippen LogP contribution in [0.3, 0.4) is 0 Å². The lowest BCUT2D eigenvalue weighted by atomic mass is 10.1. The lowest BCUT2D eigenvalue weighted by Gasteiger charge is -2.13. The Kier molecular flexibility index (Phi) is 5.94. The van der Waals surface area contributed by atoms with Crippen LogP contribution in [0.1, 0.15) is 11.1 Å². The zero-order valence-corrected chi connectivity index (χ0v) is 16.5. The minimum atomic E-state index is 0.566. The summed E-state index contributed by atoms with van der Waals surface area (Å²) in [5, 5.41) is 10.4. The average Bonchev–Trinajstić information content (AvgIpc) is 2.63. The molecule has 3 rings (SSSR count). The maximum atomic E-state index is 5.42. The molecule has 0 saturated heterocycles. The molecule has 27 heavy (non-hydrogen) atoms. The molecule has 138 valence electrons. The Morgan fingerprint density at radius 2 is 1.19 bits per heavy atom. The zero-order valence-electron chi connectivity index (χ0n) is 15.7. The molecule has 0 spiro atoms. The van der Waals surface area contributed by atoms with Crippen LogP contribution in [0.5, 0.6) is 5.75 Å². The van der Waals surface area contributed by atoms with Crippen molar-refractivity contribution >= 4 is 40.1 Å². The number of nitrogens with one attached hydrogen (secondary N) is 3. The topological polar surface area (TPSA) is 45.3 Å². The van der Waals surface area contributed by atoms with E-state index in [-0.39, 0.29) is 0 Å². The molecule has 3 N–H and O–H groups in total. The quantitative estimate of drug-likeness (QED) is 0.486. The van der Waals surface area contributed by atoms with E-state index in [9.17, 15) is 0 Å². The molecule has 0 amide bonds. The first-order valence-corrected chi connectivity index (χ1v) is 9.10. The summed E-state index contributed by atoms with van der Waals surface area (Å²) in [4.78, 5) is 0. The van der Waals surface area contributed by atoms with E-state index in [0.717, 1.165) is 28.5 Å². The first-order valence-electron chi connectivity index (χ1n) is 8.69. The number of anilines is 4.